The van der Waals surface area contributed by atoms with E-state index in [0.29, 0.717) is 16.6 Å². The number of anilines is 1. The monoisotopic (exact) mass is 335 g/mol. The zero-order valence-electron chi connectivity index (χ0n) is 9.95. The molecular weight excluding hydrogens is 322 g/mol. The minimum Gasteiger partial charge on any atom is -0.398 e. The van der Waals surface area contributed by atoms with Crippen LogP contribution >= 0.6 is 15.9 Å². The van der Waals surface area contributed by atoms with Gasteiger partial charge in [-0.2, -0.15) is 0 Å². The van der Waals surface area contributed by atoms with E-state index in [1.807, 2.05) is 4.72 Å². The topological polar surface area (TPSA) is 101 Å². The summed E-state index contributed by atoms with van der Waals surface area (Å²) in [5.41, 5.74) is 6.42. The molecule has 0 saturated carbocycles. The van der Waals surface area contributed by atoms with Crippen LogP contribution in [0.2, 0.25) is 0 Å². The van der Waals surface area contributed by atoms with Crippen molar-refractivity contribution >= 4 is 37.7 Å². The quantitative estimate of drug-likeness (QED) is 0.725. The number of urea groups is 1. The van der Waals surface area contributed by atoms with Crippen molar-refractivity contribution in [1.82, 2.24) is 10.0 Å². The first-order valence-corrected chi connectivity index (χ1v) is 7.41. The standard InChI is InChI=1S/C10H14BrN3O3S/c1-3-13-10(15)14-18(16,17)9-5-8(12)7(11)4-6(9)2/h4-5H,3,12H2,1-2H3,(H2,13,14,15). The first-order chi connectivity index (χ1) is 8.27. The average Bonchev–Trinajstić information content (AvgIpc) is 2.22. The Labute approximate surface area is 114 Å². The number of aryl methyl sites for hydroxylation is 1. The highest BCUT2D eigenvalue weighted by atomic mass is 79.9. The van der Waals surface area contributed by atoms with E-state index in [9.17, 15) is 13.2 Å². The Morgan fingerprint density at radius 2 is 2.06 bits per heavy atom. The van der Waals surface area contributed by atoms with E-state index in [4.69, 9.17) is 5.73 Å². The maximum absolute atomic E-state index is 12.0. The summed E-state index contributed by atoms with van der Waals surface area (Å²) in [6, 6.07) is 2.13. The van der Waals surface area contributed by atoms with Crippen LogP contribution in [0.25, 0.3) is 0 Å². The molecule has 4 N–H and O–H groups in total. The number of halogens is 1. The SMILES string of the molecule is CCNC(=O)NS(=O)(=O)c1cc(N)c(Br)cc1C. The van der Waals surface area contributed by atoms with E-state index in [1.165, 1.54) is 6.07 Å². The van der Waals surface area contributed by atoms with E-state index in [2.05, 4.69) is 21.2 Å². The molecule has 0 aliphatic carbocycles. The molecule has 1 rings (SSSR count). The molecule has 0 spiro atoms. The van der Waals surface area contributed by atoms with E-state index < -0.39 is 16.1 Å². The van der Waals surface area contributed by atoms with Crippen molar-refractivity contribution in [3.63, 3.8) is 0 Å². The van der Waals surface area contributed by atoms with Gasteiger partial charge in [0.05, 0.1) is 4.90 Å². The zero-order valence-corrected chi connectivity index (χ0v) is 12.4. The lowest BCUT2D eigenvalue weighted by Crippen LogP contribution is -2.39. The third-order valence-electron chi connectivity index (χ3n) is 2.15. The molecule has 1 aromatic rings. The number of nitrogen functional groups attached to an aromatic ring is 1. The normalized spacial score (nSPS) is 11.1. The lowest BCUT2D eigenvalue weighted by molar-refractivity contribution is 0.246. The van der Waals surface area contributed by atoms with Crippen LogP contribution in [0.5, 0.6) is 0 Å². The smallest absolute Gasteiger partial charge is 0.328 e. The Hall–Kier alpha value is -1.28. The zero-order chi connectivity index (χ0) is 13.9. The number of amides is 2. The number of rotatable bonds is 3. The summed E-state index contributed by atoms with van der Waals surface area (Å²) in [7, 11) is -3.91. The number of carbonyl (C=O) groups is 1. The summed E-state index contributed by atoms with van der Waals surface area (Å²) in [5.74, 6) is 0. The molecule has 0 aromatic heterocycles. The van der Waals surface area contributed by atoms with Crippen molar-refractivity contribution in [2.24, 2.45) is 0 Å². The van der Waals surface area contributed by atoms with Gasteiger partial charge in [0.1, 0.15) is 0 Å². The predicted molar refractivity (Wildman–Crippen MR) is 72.7 cm³/mol. The summed E-state index contributed by atoms with van der Waals surface area (Å²) in [4.78, 5) is 11.2. The van der Waals surface area contributed by atoms with Crippen molar-refractivity contribution in [2.75, 3.05) is 12.3 Å². The summed E-state index contributed by atoms with van der Waals surface area (Å²) in [5, 5.41) is 2.35. The molecule has 0 unspecified atom stereocenters. The molecule has 0 fully saturated rings. The van der Waals surface area contributed by atoms with Crippen molar-refractivity contribution < 1.29 is 13.2 Å². The second-order valence-corrected chi connectivity index (χ2v) is 6.11. The van der Waals surface area contributed by atoms with Crippen molar-refractivity contribution in [1.29, 1.82) is 0 Å². The molecule has 0 bridgehead atoms. The van der Waals surface area contributed by atoms with Gasteiger partial charge in [0.15, 0.2) is 0 Å². The van der Waals surface area contributed by atoms with Crippen LogP contribution in [0.15, 0.2) is 21.5 Å². The Morgan fingerprint density at radius 1 is 1.44 bits per heavy atom. The Kier molecular flexibility index (Phi) is 4.58. The molecule has 6 nitrogen and oxygen atoms in total. The molecule has 0 aliphatic heterocycles. The van der Waals surface area contributed by atoms with E-state index in [1.54, 1.807) is 19.9 Å². The van der Waals surface area contributed by atoms with Crippen LogP contribution in [0, 0.1) is 6.92 Å². The first kappa shape index (κ1) is 14.8. The molecule has 0 radical (unpaired) electrons. The highest BCUT2D eigenvalue weighted by molar-refractivity contribution is 9.10. The largest absolute Gasteiger partial charge is 0.398 e. The van der Waals surface area contributed by atoms with Gasteiger partial charge in [0.2, 0.25) is 0 Å². The molecule has 100 valence electrons. The van der Waals surface area contributed by atoms with E-state index in [0.717, 1.165) is 0 Å². The summed E-state index contributed by atoms with van der Waals surface area (Å²) >= 11 is 3.20. The van der Waals surface area contributed by atoms with Gasteiger partial charge < -0.3 is 11.1 Å². The van der Waals surface area contributed by atoms with E-state index in [-0.39, 0.29) is 10.6 Å². The molecule has 0 aliphatic rings. The molecule has 0 atom stereocenters. The third kappa shape index (κ3) is 3.36. The second-order valence-electron chi connectivity index (χ2n) is 3.60. The number of nitrogens with two attached hydrogens (primary N) is 1. The fourth-order valence-electron chi connectivity index (χ4n) is 1.33. The molecule has 1 aromatic carbocycles. The summed E-state index contributed by atoms with van der Waals surface area (Å²) in [6.07, 6.45) is 0. The van der Waals surface area contributed by atoms with Gasteiger partial charge in [-0.25, -0.2) is 17.9 Å². The highest BCUT2D eigenvalue weighted by Gasteiger charge is 2.20. The lowest BCUT2D eigenvalue weighted by Gasteiger charge is -2.11. The van der Waals surface area contributed by atoms with Crippen LogP contribution in [-0.2, 0) is 10.0 Å². The van der Waals surface area contributed by atoms with E-state index >= 15 is 0 Å². The number of sulfonamides is 1. The van der Waals surface area contributed by atoms with Crippen molar-refractivity contribution in [2.45, 2.75) is 18.7 Å². The van der Waals surface area contributed by atoms with Gasteiger partial charge in [-0.05, 0) is 47.5 Å². The first-order valence-electron chi connectivity index (χ1n) is 5.14. The summed E-state index contributed by atoms with van der Waals surface area (Å²) < 4.78 is 26.4. The Balaban J connectivity index is 3.13. The number of hydrogen-bond acceptors (Lipinski definition) is 4. The number of hydrogen-bond donors (Lipinski definition) is 3. The highest BCUT2D eigenvalue weighted by Crippen LogP contribution is 2.26. The fourth-order valence-corrected chi connectivity index (χ4v) is 2.98. The van der Waals surface area contributed by atoms with Crippen molar-refractivity contribution in [3.05, 3.63) is 22.2 Å². The fraction of sp³-hybridized carbons (Fsp3) is 0.300. The van der Waals surface area contributed by atoms with Gasteiger partial charge in [-0.3, -0.25) is 0 Å². The molecule has 0 saturated heterocycles. The van der Waals surface area contributed by atoms with Gasteiger partial charge in [0, 0.05) is 16.7 Å². The van der Waals surface area contributed by atoms with Crippen LogP contribution in [0.3, 0.4) is 0 Å². The van der Waals surface area contributed by atoms with Gasteiger partial charge in [0.25, 0.3) is 10.0 Å². The Morgan fingerprint density at radius 3 is 2.61 bits per heavy atom. The van der Waals surface area contributed by atoms with Crippen LogP contribution in [0.1, 0.15) is 12.5 Å². The van der Waals surface area contributed by atoms with Crippen LogP contribution in [0.4, 0.5) is 10.5 Å². The maximum Gasteiger partial charge on any atom is 0.328 e. The molecule has 18 heavy (non-hydrogen) atoms. The van der Waals surface area contributed by atoms with Gasteiger partial charge in [-0.1, -0.05) is 0 Å². The van der Waals surface area contributed by atoms with Crippen LogP contribution < -0.4 is 15.8 Å². The molecule has 2 amide bonds. The molecule has 8 heteroatoms. The second kappa shape index (κ2) is 5.57. The molecule has 0 heterocycles. The predicted octanol–water partition coefficient (Wildman–Crippen LogP) is 1.35. The lowest BCUT2D eigenvalue weighted by atomic mass is 10.2. The number of benzene rings is 1. The Bertz CT molecular complexity index is 572. The maximum atomic E-state index is 12.0. The van der Waals surface area contributed by atoms with Crippen molar-refractivity contribution in [3.8, 4) is 0 Å². The molecular formula is C10H14BrN3O3S. The minimum atomic E-state index is -3.91. The minimum absolute atomic E-state index is 0.0190. The summed E-state index contributed by atoms with van der Waals surface area (Å²) in [6.45, 7) is 3.65. The van der Waals surface area contributed by atoms with Gasteiger partial charge >= 0.3 is 6.03 Å². The number of nitrogens with one attached hydrogen (secondary N) is 2. The van der Waals surface area contributed by atoms with Crippen LogP contribution in [-0.4, -0.2) is 21.0 Å². The third-order valence-corrected chi connectivity index (χ3v) is 4.31. The van der Waals surface area contributed by atoms with Gasteiger partial charge in [-0.15, -0.1) is 0 Å². The number of carbonyl (C=O) groups excluding carboxylic acids is 1. The average molecular weight is 336 g/mol.